The highest BCUT2D eigenvalue weighted by Crippen LogP contribution is 2.07. The summed E-state index contributed by atoms with van der Waals surface area (Å²) in [6, 6.07) is 0.658. The SMILES string of the molecule is CC(=O)OCC(=O)N[C@@H](C(=O)O)[C@H](C)CC#N. The Kier molecular flexibility index (Phi) is 6.33. The van der Waals surface area contributed by atoms with Crippen LogP contribution in [0.3, 0.4) is 0 Å². The highest BCUT2D eigenvalue weighted by Gasteiger charge is 2.26. The van der Waals surface area contributed by atoms with Gasteiger partial charge in [-0.3, -0.25) is 9.59 Å². The molecule has 17 heavy (non-hydrogen) atoms. The molecule has 0 saturated carbocycles. The van der Waals surface area contributed by atoms with Crippen LogP contribution in [0.4, 0.5) is 0 Å². The number of amides is 1. The van der Waals surface area contributed by atoms with Gasteiger partial charge in [0.2, 0.25) is 0 Å². The van der Waals surface area contributed by atoms with Crippen molar-refractivity contribution in [2.75, 3.05) is 6.61 Å². The van der Waals surface area contributed by atoms with Gasteiger partial charge in [0.25, 0.3) is 5.91 Å². The number of esters is 1. The summed E-state index contributed by atoms with van der Waals surface area (Å²) in [5.74, 6) is -3.10. The highest BCUT2D eigenvalue weighted by atomic mass is 16.5. The predicted octanol–water partition coefficient (Wildman–Crippen LogP) is -0.331. The summed E-state index contributed by atoms with van der Waals surface area (Å²) < 4.78 is 4.42. The van der Waals surface area contributed by atoms with Gasteiger partial charge < -0.3 is 15.2 Å². The second-order valence-corrected chi connectivity index (χ2v) is 3.50. The van der Waals surface area contributed by atoms with Gasteiger partial charge >= 0.3 is 11.9 Å². The van der Waals surface area contributed by atoms with E-state index >= 15 is 0 Å². The summed E-state index contributed by atoms with van der Waals surface area (Å²) in [4.78, 5) is 32.5. The molecule has 0 aromatic heterocycles. The molecule has 7 heteroatoms. The molecule has 0 radical (unpaired) electrons. The molecule has 94 valence electrons. The van der Waals surface area contributed by atoms with Crippen molar-refractivity contribution in [3.8, 4) is 6.07 Å². The van der Waals surface area contributed by atoms with Gasteiger partial charge in [-0.05, 0) is 0 Å². The Morgan fingerprint density at radius 2 is 2.06 bits per heavy atom. The zero-order chi connectivity index (χ0) is 13.4. The summed E-state index contributed by atoms with van der Waals surface area (Å²) in [5, 5.41) is 19.5. The average Bonchev–Trinajstić information content (AvgIpc) is 2.22. The van der Waals surface area contributed by atoms with Gasteiger partial charge in [-0.2, -0.15) is 5.26 Å². The van der Waals surface area contributed by atoms with Crippen LogP contribution in [0.15, 0.2) is 0 Å². The van der Waals surface area contributed by atoms with Gasteiger partial charge in [0.15, 0.2) is 6.61 Å². The van der Waals surface area contributed by atoms with Gasteiger partial charge in [-0.15, -0.1) is 0 Å². The fraction of sp³-hybridized carbons (Fsp3) is 0.600. The van der Waals surface area contributed by atoms with Gasteiger partial charge in [-0.25, -0.2) is 4.79 Å². The molecule has 1 amide bonds. The normalized spacial score (nSPS) is 13.0. The molecule has 0 aliphatic heterocycles. The van der Waals surface area contributed by atoms with Crippen LogP contribution in [0.5, 0.6) is 0 Å². The minimum absolute atomic E-state index is 0.00477. The number of hydrogen-bond acceptors (Lipinski definition) is 5. The Labute approximate surface area is 98.4 Å². The van der Waals surface area contributed by atoms with E-state index < -0.39 is 36.4 Å². The van der Waals surface area contributed by atoms with Crippen molar-refractivity contribution in [1.29, 1.82) is 5.26 Å². The lowest BCUT2D eigenvalue weighted by Crippen LogP contribution is -2.46. The monoisotopic (exact) mass is 242 g/mol. The average molecular weight is 242 g/mol. The minimum Gasteiger partial charge on any atom is -0.480 e. The van der Waals surface area contributed by atoms with Crippen molar-refractivity contribution in [1.82, 2.24) is 5.32 Å². The lowest BCUT2D eigenvalue weighted by atomic mass is 9.99. The molecule has 0 aromatic rings. The number of hydrogen-bond donors (Lipinski definition) is 2. The van der Waals surface area contributed by atoms with E-state index in [1.165, 1.54) is 6.92 Å². The maximum atomic E-state index is 11.2. The van der Waals surface area contributed by atoms with E-state index in [4.69, 9.17) is 10.4 Å². The van der Waals surface area contributed by atoms with Crippen LogP contribution in [-0.2, 0) is 19.1 Å². The van der Waals surface area contributed by atoms with Crippen molar-refractivity contribution in [2.45, 2.75) is 26.3 Å². The maximum Gasteiger partial charge on any atom is 0.326 e. The van der Waals surface area contributed by atoms with Crippen molar-refractivity contribution >= 4 is 17.8 Å². The van der Waals surface area contributed by atoms with Crippen LogP contribution in [0, 0.1) is 17.2 Å². The van der Waals surface area contributed by atoms with Crippen molar-refractivity contribution in [2.24, 2.45) is 5.92 Å². The Hall–Kier alpha value is -2.10. The predicted molar refractivity (Wildman–Crippen MR) is 55.6 cm³/mol. The number of nitrogens with zero attached hydrogens (tertiary/aromatic N) is 1. The van der Waals surface area contributed by atoms with Crippen LogP contribution in [0.25, 0.3) is 0 Å². The van der Waals surface area contributed by atoms with Gasteiger partial charge in [0.1, 0.15) is 6.04 Å². The molecule has 7 nitrogen and oxygen atoms in total. The third kappa shape index (κ3) is 6.14. The zero-order valence-electron chi connectivity index (χ0n) is 9.60. The maximum absolute atomic E-state index is 11.2. The third-order valence-electron chi connectivity index (χ3n) is 1.97. The minimum atomic E-state index is -1.23. The number of carboxylic acid groups (broad SMARTS) is 1. The Balaban J connectivity index is 4.35. The number of nitriles is 1. The summed E-state index contributed by atoms with van der Waals surface area (Å²) in [7, 11) is 0. The number of ether oxygens (including phenoxy) is 1. The Bertz CT molecular complexity index is 347. The quantitative estimate of drug-likeness (QED) is 0.616. The van der Waals surface area contributed by atoms with E-state index in [1.54, 1.807) is 0 Å². The summed E-state index contributed by atoms with van der Waals surface area (Å²) in [5.41, 5.74) is 0. The number of carbonyl (C=O) groups excluding carboxylic acids is 2. The van der Waals surface area contributed by atoms with E-state index in [0.29, 0.717) is 0 Å². The lowest BCUT2D eigenvalue weighted by molar-refractivity contribution is -0.148. The van der Waals surface area contributed by atoms with Crippen molar-refractivity contribution < 1.29 is 24.2 Å². The number of aliphatic carboxylic acids is 1. The van der Waals surface area contributed by atoms with Crippen LogP contribution in [0.2, 0.25) is 0 Å². The first kappa shape index (κ1) is 14.9. The molecular formula is C10H14N2O5. The van der Waals surface area contributed by atoms with Crippen molar-refractivity contribution in [3.05, 3.63) is 0 Å². The Morgan fingerprint density at radius 3 is 2.47 bits per heavy atom. The first-order chi connectivity index (χ1) is 7.88. The van der Waals surface area contributed by atoms with E-state index in [9.17, 15) is 14.4 Å². The lowest BCUT2D eigenvalue weighted by Gasteiger charge is -2.18. The molecule has 0 saturated heterocycles. The van der Waals surface area contributed by atoms with E-state index in [-0.39, 0.29) is 6.42 Å². The van der Waals surface area contributed by atoms with Crippen LogP contribution < -0.4 is 5.32 Å². The smallest absolute Gasteiger partial charge is 0.326 e. The molecule has 0 aromatic carbocycles. The molecule has 0 fully saturated rings. The molecule has 2 N–H and O–H groups in total. The fourth-order valence-corrected chi connectivity index (χ4v) is 1.09. The van der Waals surface area contributed by atoms with E-state index in [0.717, 1.165) is 6.92 Å². The largest absolute Gasteiger partial charge is 0.480 e. The fourth-order valence-electron chi connectivity index (χ4n) is 1.09. The van der Waals surface area contributed by atoms with E-state index in [2.05, 4.69) is 10.1 Å². The molecular weight excluding hydrogens is 228 g/mol. The number of carboxylic acids is 1. The highest BCUT2D eigenvalue weighted by molar-refractivity contribution is 5.85. The van der Waals surface area contributed by atoms with Crippen LogP contribution >= 0.6 is 0 Å². The standard InChI is InChI=1S/C10H14N2O5/c1-6(3-4-11)9(10(15)16)12-8(14)5-17-7(2)13/h6,9H,3,5H2,1-2H3,(H,12,14)(H,15,16)/t6-,9-/m1/s1. The molecule has 0 rings (SSSR count). The molecule has 0 heterocycles. The number of nitrogens with one attached hydrogen (secondary N) is 1. The summed E-state index contributed by atoms with van der Waals surface area (Å²) in [6.45, 7) is 2.15. The van der Waals surface area contributed by atoms with Gasteiger partial charge in [-0.1, -0.05) is 6.92 Å². The van der Waals surface area contributed by atoms with E-state index in [1.807, 2.05) is 6.07 Å². The second kappa shape index (κ2) is 7.22. The van der Waals surface area contributed by atoms with Crippen LogP contribution in [-0.4, -0.2) is 35.6 Å². The number of carbonyl (C=O) groups is 3. The molecule has 0 unspecified atom stereocenters. The first-order valence-electron chi connectivity index (χ1n) is 4.91. The molecule has 0 bridgehead atoms. The molecule has 2 atom stereocenters. The van der Waals surface area contributed by atoms with Gasteiger partial charge in [0, 0.05) is 19.3 Å². The zero-order valence-corrected chi connectivity index (χ0v) is 9.60. The van der Waals surface area contributed by atoms with Crippen molar-refractivity contribution in [3.63, 3.8) is 0 Å². The second-order valence-electron chi connectivity index (χ2n) is 3.50. The topological polar surface area (TPSA) is 116 Å². The third-order valence-corrected chi connectivity index (χ3v) is 1.97. The molecule has 0 aliphatic carbocycles. The molecule has 0 spiro atoms. The summed E-state index contributed by atoms with van der Waals surface area (Å²) >= 11 is 0. The van der Waals surface area contributed by atoms with Gasteiger partial charge in [0.05, 0.1) is 6.07 Å². The number of rotatable bonds is 6. The van der Waals surface area contributed by atoms with Crippen LogP contribution in [0.1, 0.15) is 20.3 Å². The first-order valence-corrected chi connectivity index (χ1v) is 4.91. The Morgan fingerprint density at radius 1 is 1.47 bits per heavy atom. The summed E-state index contributed by atoms with van der Waals surface area (Å²) in [6.07, 6.45) is 0.00477. The molecule has 0 aliphatic rings.